The number of halogens is 2. The van der Waals surface area contributed by atoms with Crippen LogP contribution in [0.3, 0.4) is 0 Å². The fourth-order valence-electron chi connectivity index (χ4n) is 3.86. The molecule has 0 radical (unpaired) electrons. The number of aromatic nitrogens is 4. The van der Waals surface area contributed by atoms with Crippen molar-refractivity contribution >= 4 is 17.6 Å². The normalized spacial score (nSPS) is 18.1. The summed E-state index contributed by atoms with van der Waals surface area (Å²) in [6, 6.07) is 5.57. The minimum atomic E-state index is -1.57. The Hall–Kier alpha value is -3.69. The van der Waals surface area contributed by atoms with E-state index in [0.29, 0.717) is 48.1 Å². The number of fused-ring (bicyclic) bond motifs is 1. The average molecular weight is 440 g/mol. The van der Waals surface area contributed by atoms with Crippen LogP contribution in [0.2, 0.25) is 0 Å². The number of hydrogen-bond acceptors (Lipinski definition) is 7. The van der Waals surface area contributed by atoms with Gasteiger partial charge in [-0.25, -0.2) is 18.4 Å². The summed E-state index contributed by atoms with van der Waals surface area (Å²) in [5.74, 6) is 2.05. The summed E-state index contributed by atoms with van der Waals surface area (Å²) in [5.41, 5.74) is 2.12. The van der Waals surface area contributed by atoms with Gasteiger partial charge in [0.25, 0.3) is 0 Å². The van der Waals surface area contributed by atoms with Crippen LogP contribution in [0.5, 0.6) is 5.75 Å². The Labute approximate surface area is 183 Å². The lowest BCUT2D eigenvalue weighted by Crippen LogP contribution is -2.32. The minimum absolute atomic E-state index is 0.0181. The molecule has 1 N–H and O–H groups in total. The van der Waals surface area contributed by atoms with Gasteiger partial charge in [-0.2, -0.15) is 4.98 Å². The summed E-state index contributed by atoms with van der Waals surface area (Å²) in [5, 5.41) is 7.73. The van der Waals surface area contributed by atoms with E-state index in [9.17, 15) is 8.78 Å². The van der Waals surface area contributed by atoms with Crippen LogP contribution >= 0.6 is 0 Å². The maximum Gasteiger partial charge on any atom is 0.248 e. The van der Waals surface area contributed by atoms with Crippen molar-refractivity contribution in [2.24, 2.45) is 0 Å². The highest BCUT2D eigenvalue weighted by molar-refractivity contribution is 5.71. The van der Waals surface area contributed by atoms with E-state index in [1.165, 1.54) is 6.08 Å². The molecule has 2 aromatic heterocycles. The van der Waals surface area contributed by atoms with Crippen LogP contribution in [-0.2, 0) is 6.54 Å². The number of nitrogens with one attached hydrogen (secondary N) is 1. The van der Waals surface area contributed by atoms with E-state index in [-0.39, 0.29) is 6.42 Å². The number of benzene rings is 1. The lowest BCUT2D eigenvalue weighted by molar-refractivity contribution is 0.324. The molecule has 1 aliphatic heterocycles. The maximum absolute atomic E-state index is 13.8. The molecular weight excluding hydrogens is 418 g/mol. The molecule has 32 heavy (non-hydrogen) atoms. The molecule has 1 atom stereocenters. The van der Waals surface area contributed by atoms with Gasteiger partial charge in [0.1, 0.15) is 11.6 Å². The Bertz CT molecular complexity index is 1210. The number of rotatable bonds is 5. The van der Waals surface area contributed by atoms with Crippen LogP contribution in [0.1, 0.15) is 18.7 Å². The van der Waals surface area contributed by atoms with E-state index < -0.39 is 12.0 Å². The summed E-state index contributed by atoms with van der Waals surface area (Å²) < 4.78 is 40.2. The van der Waals surface area contributed by atoms with Crippen LogP contribution < -0.4 is 15.0 Å². The monoisotopic (exact) mass is 440 g/mol. The summed E-state index contributed by atoms with van der Waals surface area (Å²) in [4.78, 5) is 10.6. The van der Waals surface area contributed by atoms with E-state index in [0.717, 1.165) is 17.7 Å². The molecule has 10 heteroatoms. The zero-order chi connectivity index (χ0) is 22.2. The Morgan fingerprint density at radius 3 is 2.91 bits per heavy atom. The summed E-state index contributed by atoms with van der Waals surface area (Å²) in [6.45, 7) is 3.13. The van der Waals surface area contributed by atoms with Crippen molar-refractivity contribution in [2.45, 2.75) is 32.5 Å². The van der Waals surface area contributed by atoms with Crippen molar-refractivity contribution in [3.05, 3.63) is 54.0 Å². The number of ether oxygens (including phenoxy) is 1. The van der Waals surface area contributed by atoms with E-state index in [4.69, 9.17) is 9.15 Å². The minimum Gasteiger partial charge on any atom is -0.496 e. The molecule has 3 aromatic rings. The van der Waals surface area contributed by atoms with Gasteiger partial charge in [-0.15, -0.1) is 5.10 Å². The van der Waals surface area contributed by atoms with Gasteiger partial charge in [0, 0.05) is 43.9 Å². The number of methoxy groups -OCH3 is 1. The van der Waals surface area contributed by atoms with Crippen LogP contribution in [0.25, 0.3) is 11.3 Å². The van der Waals surface area contributed by atoms with Crippen LogP contribution in [0.4, 0.5) is 26.4 Å². The van der Waals surface area contributed by atoms with Crippen molar-refractivity contribution in [3.63, 3.8) is 0 Å². The molecule has 8 nitrogen and oxygen atoms in total. The standard InChI is InChI=1S/C22H22F2N6O2/c1-13-25-12-20(32-13)16-6-4-14(10-19(16)31-2)26-21-27-22-29(8-3-9-30(22)28-21)15-5-7-17(23)18(24)11-15/h4-6,10-12,17H,3,7-9H2,1-2H3,(H,26,28). The molecule has 1 aliphatic carbocycles. The second-order valence-corrected chi connectivity index (χ2v) is 7.61. The highest BCUT2D eigenvalue weighted by Crippen LogP contribution is 2.34. The third kappa shape index (κ3) is 3.72. The first-order valence-corrected chi connectivity index (χ1v) is 10.3. The molecule has 0 amide bonds. The van der Waals surface area contributed by atoms with Gasteiger partial charge in [-0.3, -0.25) is 0 Å². The molecule has 1 unspecified atom stereocenters. The highest BCUT2D eigenvalue weighted by atomic mass is 19.2. The largest absolute Gasteiger partial charge is 0.496 e. The first-order chi connectivity index (χ1) is 15.5. The zero-order valence-electron chi connectivity index (χ0n) is 17.7. The zero-order valence-corrected chi connectivity index (χ0v) is 17.7. The molecule has 0 bridgehead atoms. The van der Waals surface area contributed by atoms with Gasteiger partial charge >= 0.3 is 0 Å². The second kappa shape index (κ2) is 8.10. The van der Waals surface area contributed by atoms with Crippen LogP contribution in [-0.4, -0.2) is 39.6 Å². The molecule has 0 spiro atoms. The first-order valence-electron chi connectivity index (χ1n) is 10.3. The number of nitrogens with zero attached hydrogens (tertiary/aromatic N) is 5. The van der Waals surface area contributed by atoms with Crippen LogP contribution in [0, 0.1) is 6.92 Å². The molecule has 0 saturated carbocycles. The maximum atomic E-state index is 13.8. The van der Waals surface area contributed by atoms with E-state index in [1.54, 1.807) is 31.0 Å². The van der Waals surface area contributed by atoms with E-state index >= 15 is 0 Å². The van der Waals surface area contributed by atoms with Gasteiger partial charge in [0.2, 0.25) is 11.9 Å². The van der Waals surface area contributed by atoms with Gasteiger partial charge in [0.05, 0.1) is 18.9 Å². The molecule has 3 heterocycles. The summed E-state index contributed by atoms with van der Waals surface area (Å²) in [6.07, 6.45) is 3.85. The van der Waals surface area contributed by atoms with E-state index in [2.05, 4.69) is 20.4 Å². The number of allylic oxidation sites excluding steroid dienone is 3. The van der Waals surface area contributed by atoms with E-state index in [1.807, 2.05) is 23.1 Å². The van der Waals surface area contributed by atoms with Gasteiger partial charge in [0.15, 0.2) is 17.8 Å². The number of hydrogen-bond donors (Lipinski definition) is 1. The molecule has 0 fully saturated rings. The van der Waals surface area contributed by atoms with Crippen molar-refractivity contribution in [2.75, 3.05) is 23.9 Å². The quantitative estimate of drug-likeness (QED) is 0.617. The topological polar surface area (TPSA) is 81.2 Å². The van der Waals surface area contributed by atoms with Gasteiger partial charge in [-0.1, -0.05) is 6.08 Å². The molecular formula is C22H22F2N6O2. The lowest BCUT2D eigenvalue weighted by Gasteiger charge is -2.30. The Balaban J connectivity index is 1.40. The molecule has 1 aromatic carbocycles. The number of anilines is 3. The Morgan fingerprint density at radius 1 is 1.28 bits per heavy atom. The summed E-state index contributed by atoms with van der Waals surface area (Å²) in [7, 11) is 1.59. The Kier molecular flexibility index (Phi) is 5.12. The van der Waals surface area contributed by atoms with Crippen molar-refractivity contribution < 1.29 is 17.9 Å². The van der Waals surface area contributed by atoms with Crippen molar-refractivity contribution in [3.8, 4) is 17.1 Å². The lowest BCUT2D eigenvalue weighted by atomic mass is 10.1. The fourth-order valence-corrected chi connectivity index (χ4v) is 3.86. The molecule has 5 rings (SSSR count). The first kappa shape index (κ1) is 20.2. The van der Waals surface area contributed by atoms with Crippen molar-refractivity contribution in [1.29, 1.82) is 0 Å². The smallest absolute Gasteiger partial charge is 0.248 e. The van der Waals surface area contributed by atoms with Crippen LogP contribution in [0.15, 0.2) is 52.5 Å². The SMILES string of the molecule is COc1cc(Nc2nc3n(n2)CCCN3C2=CCC(F)C(F)=C2)ccc1-c1cnc(C)o1. The number of aryl methyl sites for hydroxylation is 2. The van der Waals surface area contributed by atoms with Gasteiger partial charge < -0.3 is 19.4 Å². The third-order valence-corrected chi connectivity index (χ3v) is 5.42. The fraction of sp³-hybridized carbons (Fsp3) is 0.318. The molecule has 2 aliphatic rings. The van der Waals surface area contributed by atoms with Crippen molar-refractivity contribution in [1.82, 2.24) is 19.7 Å². The Morgan fingerprint density at radius 2 is 2.16 bits per heavy atom. The highest BCUT2D eigenvalue weighted by Gasteiger charge is 2.27. The molecule has 0 saturated heterocycles. The number of oxazole rings is 1. The van der Waals surface area contributed by atoms with Gasteiger partial charge in [-0.05, 0) is 24.6 Å². The number of alkyl halides is 1. The second-order valence-electron chi connectivity index (χ2n) is 7.61. The predicted octanol–water partition coefficient (Wildman–Crippen LogP) is 4.68. The predicted molar refractivity (Wildman–Crippen MR) is 115 cm³/mol. The summed E-state index contributed by atoms with van der Waals surface area (Å²) >= 11 is 0. The molecule has 166 valence electrons. The average Bonchev–Trinajstić information content (AvgIpc) is 3.41. The third-order valence-electron chi connectivity index (χ3n) is 5.42.